The van der Waals surface area contributed by atoms with Crippen LogP contribution in [-0.4, -0.2) is 10.9 Å². The number of para-hydroxylation sites is 1. The van der Waals surface area contributed by atoms with Gasteiger partial charge < -0.3 is 10.3 Å². The van der Waals surface area contributed by atoms with E-state index in [1.54, 1.807) is 12.1 Å². The lowest BCUT2D eigenvalue weighted by Crippen LogP contribution is -2.12. The van der Waals surface area contributed by atoms with Crippen molar-refractivity contribution in [1.82, 2.24) is 4.98 Å². The van der Waals surface area contributed by atoms with Crippen LogP contribution in [0.1, 0.15) is 16.1 Å². The molecule has 1 aromatic heterocycles. The minimum atomic E-state index is -0.202. The van der Waals surface area contributed by atoms with E-state index in [-0.39, 0.29) is 5.91 Å². The van der Waals surface area contributed by atoms with Crippen molar-refractivity contribution < 1.29 is 4.79 Å². The molecule has 20 heavy (non-hydrogen) atoms. The number of hydrogen-bond donors (Lipinski definition) is 2. The first-order chi connectivity index (χ1) is 9.63. The Kier molecular flexibility index (Phi) is 3.20. The zero-order valence-electron chi connectivity index (χ0n) is 10.9. The molecular weight excluding hydrogens is 272 g/mol. The molecule has 0 atom stereocenters. The largest absolute Gasteiger partial charge is 0.351 e. The number of carbonyl (C=O) groups is 1. The lowest BCUT2D eigenvalue weighted by atomic mass is 10.2. The van der Waals surface area contributed by atoms with E-state index in [1.165, 1.54) is 0 Å². The molecule has 0 aliphatic heterocycles. The maximum Gasteiger partial charge on any atom is 0.272 e. The van der Waals surface area contributed by atoms with Crippen LogP contribution in [0, 0.1) is 6.92 Å². The van der Waals surface area contributed by atoms with Crippen LogP contribution in [0.2, 0.25) is 5.02 Å². The van der Waals surface area contributed by atoms with Crippen LogP contribution in [0.5, 0.6) is 0 Å². The highest BCUT2D eigenvalue weighted by Crippen LogP contribution is 2.22. The third-order valence-electron chi connectivity index (χ3n) is 3.14. The van der Waals surface area contributed by atoms with Gasteiger partial charge in [-0.15, -0.1) is 0 Å². The van der Waals surface area contributed by atoms with Gasteiger partial charge in [-0.25, -0.2) is 0 Å². The molecule has 0 aliphatic carbocycles. The summed E-state index contributed by atoms with van der Waals surface area (Å²) in [7, 11) is 0. The fourth-order valence-electron chi connectivity index (χ4n) is 2.12. The van der Waals surface area contributed by atoms with Gasteiger partial charge >= 0.3 is 0 Å². The van der Waals surface area contributed by atoms with Gasteiger partial charge in [0, 0.05) is 10.9 Å². The highest BCUT2D eigenvalue weighted by atomic mass is 35.5. The Morgan fingerprint density at radius 3 is 2.75 bits per heavy atom. The lowest BCUT2D eigenvalue weighted by Gasteiger charge is -2.05. The lowest BCUT2D eigenvalue weighted by molar-refractivity contribution is 0.102. The van der Waals surface area contributed by atoms with Crippen LogP contribution in [0.3, 0.4) is 0 Å². The highest BCUT2D eigenvalue weighted by molar-refractivity contribution is 6.33. The topological polar surface area (TPSA) is 44.9 Å². The summed E-state index contributed by atoms with van der Waals surface area (Å²) in [6, 6.07) is 15.0. The summed E-state index contributed by atoms with van der Waals surface area (Å²) < 4.78 is 0. The molecule has 2 aromatic carbocycles. The first-order valence-corrected chi connectivity index (χ1v) is 6.66. The number of aryl methyl sites for hydroxylation is 1. The molecule has 2 N–H and O–H groups in total. The molecule has 0 saturated carbocycles. The maximum atomic E-state index is 12.2. The smallest absolute Gasteiger partial charge is 0.272 e. The highest BCUT2D eigenvalue weighted by Gasteiger charge is 2.11. The number of halogens is 1. The Hall–Kier alpha value is -2.26. The van der Waals surface area contributed by atoms with Gasteiger partial charge in [0.25, 0.3) is 5.91 Å². The van der Waals surface area contributed by atoms with Crippen molar-refractivity contribution >= 4 is 34.1 Å². The van der Waals surface area contributed by atoms with Gasteiger partial charge in [-0.1, -0.05) is 35.9 Å². The number of carbonyl (C=O) groups excluding carboxylic acids is 1. The Labute approximate surface area is 121 Å². The number of aromatic nitrogens is 1. The normalized spacial score (nSPS) is 10.7. The summed E-state index contributed by atoms with van der Waals surface area (Å²) in [4.78, 5) is 15.3. The summed E-state index contributed by atoms with van der Waals surface area (Å²) in [6.07, 6.45) is 0. The number of aromatic amines is 1. The molecule has 0 radical (unpaired) electrons. The number of fused-ring (bicyclic) bond motifs is 1. The van der Waals surface area contributed by atoms with Crippen LogP contribution in [-0.2, 0) is 0 Å². The van der Waals surface area contributed by atoms with Crippen molar-refractivity contribution in [2.24, 2.45) is 0 Å². The third-order valence-corrected chi connectivity index (χ3v) is 3.47. The zero-order valence-corrected chi connectivity index (χ0v) is 11.7. The summed E-state index contributed by atoms with van der Waals surface area (Å²) in [5, 5.41) is 4.33. The van der Waals surface area contributed by atoms with Gasteiger partial charge in [-0.2, -0.15) is 0 Å². The monoisotopic (exact) mass is 284 g/mol. The molecule has 0 unspecified atom stereocenters. The van der Waals surface area contributed by atoms with Gasteiger partial charge in [0.1, 0.15) is 5.69 Å². The standard InChI is InChI=1S/C16H13ClN2O/c1-10-6-7-11-9-15(18-14(11)8-10)16(20)19-13-5-3-2-4-12(13)17/h2-9,18H,1H3,(H,19,20). The quantitative estimate of drug-likeness (QED) is 0.720. The van der Waals surface area contributed by atoms with Gasteiger partial charge in [-0.3, -0.25) is 4.79 Å². The molecular formula is C16H13ClN2O. The number of H-pyrrole nitrogens is 1. The van der Waals surface area contributed by atoms with E-state index in [2.05, 4.69) is 10.3 Å². The van der Waals surface area contributed by atoms with Crippen molar-refractivity contribution in [1.29, 1.82) is 0 Å². The van der Waals surface area contributed by atoms with Crippen LogP contribution < -0.4 is 5.32 Å². The molecule has 0 aliphatic rings. The van der Waals surface area contributed by atoms with Crippen molar-refractivity contribution in [2.75, 3.05) is 5.32 Å². The Bertz CT molecular complexity index is 792. The average molecular weight is 285 g/mol. The van der Waals surface area contributed by atoms with Crippen molar-refractivity contribution in [3.63, 3.8) is 0 Å². The molecule has 3 rings (SSSR count). The number of rotatable bonds is 2. The SMILES string of the molecule is Cc1ccc2cc(C(=O)Nc3ccccc3Cl)[nH]c2c1. The summed E-state index contributed by atoms with van der Waals surface area (Å²) in [5.41, 5.74) is 3.23. The number of hydrogen-bond acceptors (Lipinski definition) is 1. The molecule has 3 nitrogen and oxygen atoms in total. The first kappa shape index (κ1) is 12.8. The zero-order chi connectivity index (χ0) is 14.1. The molecule has 3 aromatic rings. The number of anilines is 1. The molecule has 0 saturated heterocycles. The Morgan fingerprint density at radius 2 is 1.95 bits per heavy atom. The second kappa shape index (κ2) is 5.02. The maximum absolute atomic E-state index is 12.2. The molecule has 0 fully saturated rings. The predicted octanol–water partition coefficient (Wildman–Crippen LogP) is 4.38. The minimum absolute atomic E-state index is 0.202. The van der Waals surface area contributed by atoms with E-state index in [0.29, 0.717) is 16.4 Å². The average Bonchev–Trinajstić information content (AvgIpc) is 2.84. The van der Waals surface area contributed by atoms with Crippen molar-refractivity contribution in [2.45, 2.75) is 6.92 Å². The first-order valence-electron chi connectivity index (χ1n) is 6.29. The van der Waals surface area contributed by atoms with E-state index in [0.717, 1.165) is 16.5 Å². The summed E-state index contributed by atoms with van der Waals surface area (Å²) in [6.45, 7) is 2.02. The van der Waals surface area contributed by atoms with Gasteiger partial charge in [0.15, 0.2) is 0 Å². The molecule has 1 heterocycles. The molecule has 1 amide bonds. The number of amides is 1. The minimum Gasteiger partial charge on any atom is -0.351 e. The summed E-state index contributed by atoms with van der Waals surface area (Å²) in [5.74, 6) is -0.202. The van der Waals surface area contributed by atoms with E-state index in [4.69, 9.17) is 11.6 Å². The Balaban J connectivity index is 1.91. The van der Waals surface area contributed by atoms with Gasteiger partial charge in [0.2, 0.25) is 0 Å². The van der Waals surface area contributed by atoms with E-state index < -0.39 is 0 Å². The summed E-state index contributed by atoms with van der Waals surface area (Å²) >= 11 is 6.03. The van der Waals surface area contributed by atoms with Crippen LogP contribution >= 0.6 is 11.6 Å². The number of benzene rings is 2. The fourth-order valence-corrected chi connectivity index (χ4v) is 2.30. The van der Waals surface area contributed by atoms with Crippen molar-refractivity contribution in [3.8, 4) is 0 Å². The van der Waals surface area contributed by atoms with E-state index in [9.17, 15) is 4.79 Å². The third kappa shape index (κ3) is 2.40. The second-order valence-electron chi connectivity index (χ2n) is 4.71. The molecule has 100 valence electrons. The second-order valence-corrected chi connectivity index (χ2v) is 5.11. The van der Waals surface area contributed by atoms with Crippen molar-refractivity contribution in [3.05, 3.63) is 64.8 Å². The van der Waals surface area contributed by atoms with Crippen LogP contribution in [0.15, 0.2) is 48.5 Å². The molecule has 4 heteroatoms. The predicted molar refractivity (Wildman–Crippen MR) is 82.4 cm³/mol. The van der Waals surface area contributed by atoms with Gasteiger partial charge in [0.05, 0.1) is 10.7 Å². The van der Waals surface area contributed by atoms with E-state index in [1.807, 2.05) is 43.3 Å². The fraction of sp³-hybridized carbons (Fsp3) is 0.0625. The molecule has 0 bridgehead atoms. The van der Waals surface area contributed by atoms with Gasteiger partial charge in [-0.05, 0) is 36.8 Å². The Morgan fingerprint density at radius 1 is 1.15 bits per heavy atom. The molecule has 0 spiro atoms. The number of nitrogens with one attached hydrogen (secondary N) is 2. The van der Waals surface area contributed by atoms with Crippen LogP contribution in [0.4, 0.5) is 5.69 Å². The van der Waals surface area contributed by atoms with E-state index >= 15 is 0 Å². The van der Waals surface area contributed by atoms with Crippen LogP contribution in [0.25, 0.3) is 10.9 Å².